The average molecular weight is 332 g/mol. The number of hydrogen-bond acceptors (Lipinski definition) is 6. The molecule has 2 heterocycles. The molecule has 2 N–H and O–H groups in total. The summed E-state index contributed by atoms with van der Waals surface area (Å²) in [5.41, 5.74) is -0.500. The Balaban J connectivity index is 2.05. The third-order valence-corrected chi connectivity index (χ3v) is 4.40. The molecule has 0 bridgehead atoms. The Morgan fingerprint density at radius 3 is 2.86 bits per heavy atom. The van der Waals surface area contributed by atoms with Crippen molar-refractivity contribution in [3.05, 3.63) is 32.6 Å². The summed E-state index contributed by atoms with van der Waals surface area (Å²) in [7, 11) is 1.10. The SMILES string of the molecule is Cc1cn(C2CNC[C@@H](CO[PH](=O)N(C)C)O2)c(=O)[nH]c1=O. The summed E-state index contributed by atoms with van der Waals surface area (Å²) >= 11 is 0. The standard InChI is InChI=1S/C12H21N4O5P/c1-8-6-16(12(18)14-11(8)17)10-5-13-4-9(21-10)7-20-22(19)15(2)3/h6,9-10,13,22H,4-5,7H2,1-3H3,(H,14,17,18)/t9-,10?/m0/s1. The Morgan fingerprint density at radius 1 is 1.45 bits per heavy atom. The summed E-state index contributed by atoms with van der Waals surface area (Å²) in [5, 5.41) is 3.14. The van der Waals surface area contributed by atoms with Crippen LogP contribution in [0.5, 0.6) is 0 Å². The Labute approximate surface area is 128 Å². The number of aromatic amines is 1. The molecule has 0 radical (unpaired) electrons. The molecule has 10 heteroatoms. The van der Waals surface area contributed by atoms with Crippen LogP contribution in [0.2, 0.25) is 0 Å². The van der Waals surface area contributed by atoms with Crippen LogP contribution in [0, 0.1) is 6.92 Å². The Morgan fingerprint density at radius 2 is 2.18 bits per heavy atom. The predicted octanol–water partition coefficient (Wildman–Crippen LogP) is -0.700. The second kappa shape index (κ2) is 7.34. The molecule has 0 amide bonds. The van der Waals surface area contributed by atoms with Gasteiger partial charge < -0.3 is 14.6 Å². The minimum Gasteiger partial charge on any atom is -0.350 e. The lowest BCUT2D eigenvalue weighted by Gasteiger charge is -2.31. The zero-order chi connectivity index (χ0) is 16.3. The van der Waals surface area contributed by atoms with Crippen molar-refractivity contribution in [2.45, 2.75) is 19.3 Å². The van der Waals surface area contributed by atoms with Gasteiger partial charge in [-0.2, -0.15) is 0 Å². The molecule has 0 aromatic carbocycles. The first-order valence-corrected chi connectivity index (χ1v) is 8.17. The maximum Gasteiger partial charge on any atom is 0.330 e. The highest BCUT2D eigenvalue weighted by atomic mass is 31.1. The van der Waals surface area contributed by atoms with Crippen molar-refractivity contribution in [3.8, 4) is 0 Å². The molecule has 9 nitrogen and oxygen atoms in total. The number of aromatic nitrogens is 2. The molecular formula is C12H21N4O5P. The number of nitrogens with zero attached hydrogens (tertiary/aromatic N) is 2. The highest BCUT2D eigenvalue weighted by Crippen LogP contribution is 2.25. The summed E-state index contributed by atoms with van der Waals surface area (Å²) in [6.07, 6.45) is 0.596. The minimum atomic E-state index is -2.25. The van der Waals surface area contributed by atoms with Crippen molar-refractivity contribution in [1.29, 1.82) is 0 Å². The quantitative estimate of drug-likeness (QED) is 0.687. The first-order valence-electron chi connectivity index (χ1n) is 6.91. The van der Waals surface area contributed by atoms with Crippen molar-refractivity contribution in [3.63, 3.8) is 0 Å². The largest absolute Gasteiger partial charge is 0.350 e. The van der Waals surface area contributed by atoms with E-state index in [2.05, 4.69) is 10.3 Å². The van der Waals surface area contributed by atoms with Gasteiger partial charge in [-0.1, -0.05) is 0 Å². The molecule has 0 saturated carbocycles. The summed E-state index contributed by atoms with van der Waals surface area (Å²) in [5.74, 6) is 0. The second-order valence-corrected chi connectivity index (χ2v) is 7.04. The monoisotopic (exact) mass is 332 g/mol. The van der Waals surface area contributed by atoms with E-state index < -0.39 is 25.7 Å². The van der Waals surface area contributed by atoms with E-state index in [-0.39, 0.29) is 12.7 Å². The molecule has 1 aromatic heterocycles. The zero-order valence-electron chi connectivity index (χ0n) is 12.8. The van der Waals surface area contributed by atoms with E-state index in [4.69, 9.17) is 9.26 Å². The fourth-order valence-electron chi connectivity index (χ4n) is 2.04. The molecule has 2 rings (SSSR count). The van der Waals surface area contributed by atoms with E-state index in [1.165, 1.54) is 15.4 Å². The van der Waals surface area contributed by atoms with Crippen LogP contribution in [0.3, 0.4) is 0 Å². The third-order valence-electron chi connectivity index (χ3n) is 3.25. The normalized spacial score (nSPS) is 23.6. The highest BCUT2D eigenvalue weighted by Gasteiger charge is 2.25. The molecule has 124 valence electrons. The van der Waals surface area contributed by atoms with Crippen LogP contribution in [-0.2, 0) is 13.8 Å². The maximum absolute atomic E-state index is 11.9. The van der Waals surface area contributed by atoms with Gasteiger partial charge in [0.2, 0.25) is 0 Å². The van der Waals surface area contributed by atoms with Crippen LogP contribution in [0.15, 0.2) is 15.8 Å². The first kappa shape index (κ1) is 17.1. The summed E-state index contributed by atoms with van der Waals surface area (Å²) in [6, 6.07) is 0. The van der Waals surface area contributed by atoms with Gasteiger partial charge >= 0.3 is 5.69 Å². The first-order chi connectivity index (χ1) is 10.4. The second-order valence-electron chi connectivity index (χ2n) is 5.32. The van der Waals surface area contributed by atoms with Gasteiger partial charge in [-0.15, -0.1) is 0 Å². The number of rotatable bonds is 5. The van der Waals surface area contributed by atoms with Gasteiger partial charge in [0.1, 0.15) is 0 Å². The van der Waals surface area contributed by atoms with E-state index in [0.29, 0.717) is 18.7 Å². The van der Waals surface area contributed by atoms with Gasteiger partial charge in [0, 0.05) is 24.8 Å². The number of hydrogen-bond donors (Lipinski definition) is 2. The van der Waals surface area contributed by atoms with Crippen LogP contribution < -0.4 is 16.6 Å². The number of aryl methyl sites for hydroxylation is 1. The van der Waals surface area contributed by atoms with Crippen LogP contribution in [0.1, 0.15) is 11.8 Å². The van der Waals surface area contributed by atoms with Crippen molar-refractivity contribution in [1.82, 2.24) is 19.5 Å². The fraction of sp³-hybridized carbons (Fsp3) is 0.667. The van der Waals surface area contributed by atoms with Gasteiger partial charge in [0.15, 0.2) is 6.23 Å². The number of H-pyrrole nitrogens is 1. The van der Waals surface area contributed by atoms with Crippen LogP contribution in [0.4, 0.5) is 0 Å². The van der Waals surface area contributed by atoms with Crippen LogP contribution >= 0.6 is 8.18 Å². The Bertz CT molecular complexity index is 656. The molecule has 0 aliphatic carbocycles. The smallest absolute Gasteiger partial charge is 0.330 e. The van der Waals surface area contributed by atoms with Gasteiger partial charge in [0.25, 0.3) is 13.7 Å². The summed E-state index contributed by atoms with van der Waals surface area (Å²) in [6.45, 7) is 2.76. The van der Waals surface area contributed by atoms with E-state index in [1.54, 1.807) is 21.0 Å². The maximum atomic E-state index is 11.9. The molecule has 0 spiro atoms. The lowest BCUT2D eigenvalue weighted by atomic mass is 10.3. The van der Waals surface area contributed by atoms with Crippen LogP contribution in [-0.4, -0.2) is 54.1 Å². The van der Waals surface area contributed by atoms with Crippen molar-refractivity contribution < 1.29 is 13.8 Å². The van der Waals surface area contributed by atoms with Crippen molar-refractivity contribution >= 4 is 8.18 Å². The average Bonchev–Trinajstić information content (AvgIpc) is 2.48. The molecule has 3 atom stereocenters. The highest BCUT2D eigenvalue weighted by molar-refractivity contribution is 7.36. The van der Waals surface area contributed by atoms with Crippen molar-refractivity contribution in [2.24, 2.45) is 0 Å². The zero-order valence-corrected chi connectivity index (χ0v) is 13.8. The van der Waals surface area contributed by atoms with Gasteiger partial charge in [0.05, 0.1) is 12.7 Å². The minimum absolute atomic E-state index is 0.163. The van der Waals surface area contributed by atoms with Gasteiger partial charge in [-0.25, -0.2) is 9.46 Å². The third kappa shape index (κ3) is 4.15. The molecule has 1 aromatic rings. The number of ether oxygens (including phenoxy) is 1. The Hall–Kier alpha value is -1.25. The van der Waals surface area contributed by atoms with Crippen molar-refractivity contribution in [2.75, 3.05) is 33.8 Å². The number of nitrogens with one attached hydrogen (secondary N) is 2. The predicted molar refractivity (Wildman–Crippen MR) is 81.5 cm³/mol. The lowest BCUT2D eigenvalue weighted by molar-refractivity contribution is -0.0929. The summed E-state index contributed by atoms with van der Waals surface area (Å²) in [4.78, 5) is 25.5. The molecule has 2 unspecified atom stereocenters. The van der Waals surface area contributed by atoms with E-state index in [1.807, 2.05) is 0 Å². The summed E-state index contributed by atoms with van der Waals surface area (Å²) < 4.78 is 25.5. The topological polar surface area (TPSA) is 106 Å². The van der Waals surface area contributed by atoms with Gasteiger partial charge in [-0.05, 0) is 21.0 Å². The molecule has 1 aliphatic heterocycles. The van der Waals surface area contributed by atoms with E-state index in [9.17, 15) is 14.2 Å². The van der Waals surface area contributed by atoms with E-state index in [0.717, 1.165) is 0 Å². The number of morpholine rings is 1. The lowest BCUT2D eigenvalue weighted by Crippen LogP contribution is -2.47. The molecule has 1 saturated heterocycles. The van der Waals surface area contributed by atoms with Gasteiger partial charge in [-0.3, -0.25) is 18.9 Å². The molecular weight excluding hydrogens is 311 g/mol. The Kier molecular flexibility index (Phi) is 5.71. The molecule has 1 aliphatic rings. The molecule has 22 heavy (non-hydrogen) atoms. The van der Waals surface area contributed by atoms with Crippen LogP contribution in [0.25, 0.3) is 0 Å². The fourth-order valence-corrected chi connectivity index (χ4v) is 2.63. The van der Waals surface area contributed by atoms with E-state index >= 15 is 0 Å². The molecule has 1 fully saturated rings.